The van der Waals surface area contributed by atoms with Gasteiger partial charge in [0.2, 0.25) is 0 Å². The SMILES string of the molecule is C=CCCl.NC(=O)O. The second-order valence-electron chi connectivity index (χ2n) is 0.781. The fraction of sp³-hybridized carbons (Fsp3) is 0.250. The molecule has 1 amide bonds. The first-order valence-electron chi connectivity index (χ1n) is 1.80. The van der Waals surface area contributed by atoms with Gasteiger partial charge in [0.25, 0.3) is 0 Å². The van der Waals surface area contributed by atoms with E-state index in [1.165, 1.54) is 0 Å². The fourth-order valence-corrected chi connectivity index (χ4v) is 0. The highest BCUT2D eigenvalue weighted by Gasteiger charge is 1.65. The van der Waals surface area contributed by atoms with E-state index in [-0.39, 0.29) is 0 Å². The van der Waals surface area contributed by atoms with Crippen LogP contribution in [0.15, 0.2) is 12.7 Å². The number of alkyl halides is 1. The molecule has 0 fully saturated rings. The van der Waals surface area contributed by atoms with E-state index >= 15 is 0 Å². The molecule has 0 saturated carbocycles. The Hall–Kier alpha value is -0.700. The molecule has 0 aromatic carbocycles. The predicted octanol–water partition coefficient (Wildman–Crippen LogP) is 1.03. The van der Waals surface area contributed by atoms with Gasteiger partial charge in [-0.1, -0.05) is 6.08 Å². The summed E-state index contributed by atoms with van der Waals surface area (Å²) in [5.41, 5.74) is 4.03. The number of hydrogen-bond acceptors (Lipinski definition) is 1. The van der Waals surface area contributed by atoms with Gasteiger partial charge >= 0.3 is 6.09 Å². The third-order valence-electron chi connectivity index (χ3n) is 0.109. The molecule has 0 aliphatic carbocycles. The Morgan fingerprint density at radius 3 is 2.12 bits per heavy atom. The maximum atomic E-state index is 8.78. The molecule has 3 N–H and O–H groups in total. The van der Waals surface area contributed by atoms with Crippen molar-refractivity contribution in [1.82, 2.24) is 0 Å². The van der Waals surface area contributed by atoms with Crippen molar-refractivity contribution in [3.63, 3.8) is 0 Å². The highest BCUT2D eigenvalue weighted by atomic mass is 35.5. The Balaban J connectivity index is 0. The average Bonchev–Trinajstić information content (AvgIpc) is 1.65. The van der Waals surface area contributed by atoms with E-state index < -0.39 is 6.09 Å². The molecular weight excluding hydrogens is 130 g/mol. The number of carboxylic acid groups (broad SMARTS) is 1. The zero-order chi connectivity index (χ0) is 6.99. The van der Waals surface area contributed by atoms with Crippen LogP contribution in [-0.2, 0) is 0 Å². The minimum Gasteiger partial charge on any atom is -0.465 e. The van der Waals surface area contributed by atoms with Crippen molar-refractivity contribution in [3.05, 3.63) is 12.7 Å². The smallest absolute Gasteiger partial charge is 0.402 e. The first-order valence-corrected chi connectivity index (χ1v) is 2.33. The Bertz CT molecular complexity index is 70.4. The van der Waals surface area contributed by atoms with Gasteiger partial charge in [0, 0.05) is 5.88 Å². The Morgan fingerprint density at radius 1 is 2.00 bits per heavy atom. The van der Waals surface area contributed by atoms with Crippen LogP contribution in [0.1, 0.15) is 0 Å². The van der Waals surface area contributed by atoms with Crippen LogP contribution in [0.5, 0.6) is 0 Å². The van der Waals surface area contributed by atoms with Crippen LogP contribution >= 0.6 is 11.6 Å². The summed E-state index contributed by atoms with van der Waals surface area (Å²) >= 11 is 5.07. The number of rotatable bonds is 1. The molecule has 0 atom stereocenters. The zero-order valence-corrected chi connectivity index (χ0v) is 5.06. The highest BCUT2D eigenvalue weighted by molar-refractivity contribution is 6.18. The van der Waals surface area contributed by atoms with E-state index in [1.54, 1.807) is 6.08 Å². The summed E-state index contributed by atoms with van der Waals surface area (Å²) < 4.78 is 0. The Kier molecular flexibility index (Phi) is 12.3. The summed E-state index contributed by atoms with van der Waals surface area (Å²) in [7, 11) is 0. The topological polar surface area (TPSA) is 63.3 Å². The number of amides is 1. The number of halogens is 1. The number of primary amides is 1. The van der Waals surface area contributed by atoms with Crippen molar-refractivity contribution in [2.75, 3.05) is 5.88 Å². The standard InChI is InChI=1S/C3H5Cl.CH3NO2/c1-2-3-4;2-1(3)4/h2H,1,3H2;2H2,(H,3,4). The molecule has 0 aromatic heterocycles. The van der Waals surface area contributed by atoms with Crippen molar-refractivity contribution in [3.8, 4) is 0 Å². The molecule has 4 heteroatoms. The van der Waals surface area contributed by atoms with Crippen LogP contribution in [0.3, 0.4) is 0 Å². The van der Waals surface area contributed by atoms with E-state index in [4.69, 9.17) is 21.5 Å². The lowest BCUT2D eigenvalue weighted by Crippen LogP contribution is -2.03. The van der Waals surface area contributed by atoms with Crippen molar-refractivity contribution in [1.29, 1.82) is 0 Å². The molecule has 0 spiro atoms. The van der Waals surface area contributed by atoms with Crippen molar-refractivity contribution in [2.45, 2.75) is 0 Å². The predicted molar refractivity (Wildman–Crippen MR) is 33.1 cm³/mol. The summed E-state index contributed by atoms with van der Waals surface area (Å²) in [4.78, 5) is 8.78. The lowest BCUT2D eigenvalue weighted by molar-refractivity contribution is 0.205. The van der Waals surface area contributed by atoms with Gasteiger partial charge in [-0.15, -0.1) is 18.2 Å². The first-order chi connectivity index (χ1) is 3.65. The third kappa shape index (κ3) is 1090. The molecule has 48 valence electrons. The lowest BCUT2D eigenvalue weighted by Gasteiger charge is -1.61. The maximum Gasteiger partial charge on any atom is 0.402 e. The van der Waals surface area contributed by atoms with Crippen LogP contribution in [-0.4, -0.2) is 17.1 Å². The minimum absolute atomic E-state index is 0.556. The maximum absolute atomic E-state index is 8.78. The molecule has 0 radical (unpaired) electrons. The van der Waals surface area contributed by atoms with E-state index in [9.17, 15) is 0 Å². The third-order valence-corrected chi connectivity index (χ3v) is 0.327. The van der Waals surface area contributed by atoms with Gasteiger partial charge in [0.05, 0.1) is 0 Å². The quantitative estimate of drug-likeness (QED) is 0.419. The van der Waals surface area contributed by atoms with Gasteiger partial charge in [-0.3, -0.25) is 0 Å². The van der Waals surface area contributed by atoms with Crippen LogP contribution < -0.4 is 5.73 Å². The monoisotopic (exact) mass is 137 g/mol. The molecular formula is C4H8ClNO2. The van der Waals surface area contributed by atoms with E-state index in [0.29, 0.717) is 5.88 Å². The number of allylic oxidation sites excluding steroid dienone is 1. The van der Waals surface area contributed by atoms with Crippen molar-refractivity contribution < 1.29 is 9.90 Å². The van der Waals surface area contributed by atoms with Crippen LogP contribution in [0.2, 0.25) is 0 Å². The van der Waals surface area contributed by atoms with E-state index in [0.717, 1.165) is 0 Å². The van der Waals surface area contributed by atoms with E-state index in [1.807, 2.05) is 0 Å². The van der Waals surface area contributed by atoms with Crippen LogP contribution in [0, 0.1) is 0 Å². The Morgan fingerprint density at radius 2 is 2.12 bits per heavy atom. The van der Waals surface area contributed by atoms with Gasteiger partial charge in [-0.05, 0) is 0 Å². The summed E-state index contributed by atoms with van der Waals surface area (Å²) in [6.07, 6.45) is 0.307. The molecule has 0 unspecified atom stereocenters. The summed E-state index contributed by atoms with van der Waals surface area (Å²) in [6, 6.07) is 0. The molecule has 0 aromatic rings. The van der Waals surface area contributed by atoms with Gasteiger partial charge in [0.15, 0.2) is 0 Å². The van der Waals surface area contributed by atoms with Crippen molar-refractivity contribution in [2.24, 2.45) is 5.73 Å². The van der Waals surface area contributed by atoms with Gasteiger partial charge < -0.3 is 10.8 Å². The molecule has 0 heterocycles. The molecule has 0 bridgehead atoms. The number of nitrogens with two attached hydrogens (primary N) is 1. The average molecular weight is 138 g/mol. The van der Waals surface area contributed by atoms with Crippen LogP contribution in [0.25, 0.3) is 0 Å². The molecule has 3 nitrogen and oxygen atoms in total. The lowest BCUT2D eigenvalue weighted by atomic mass is 10.8. The van der Waals surface area contributed by atoms with Crippen LogP contribution in [0.4, 0.5) is 4.79 Å². The molecule has 0 aliphatic heterocycles. The molecule has 0 aliphatic rings. The van der Waals surface area contributed by atoms with E-state index in [2.05, 4.69) is 12.3 Å². The number of carbonyl (C=O) groups is 1. The molecule has 0 saturated heterocycles. The first kappa shape index (κ1) is 10.3. The largest absolute Gasteiger partial charge is 0.465 e. The molecule has 0 rings (SSSR count). The Labute approximate surface area is 52.7 Å². The van der Waals surface area contributed by atoms with Gasteiger partial charge in [0.1, 0.15) is 0 Å². The summed E-state index contributed by atoms with van der Waals surface area (Å²) in [6.45, 7) is 3.35. The van der Waals surface area contributed by atoms with Gasteiger partial charge in [-0.2, -0.15) is 0 Å². The second kappa shape index (κ2) is 9.57. The molecule has 8 heavy (non-hydrogen) atoms. The fourth-order valence-electron chi connectivity index (χ4n) is 0. The highest BCUT2D eigenvalue weighted by Crippen LogP contribution is 1.67. The number of hydrogen-bond donors (Lipinski definition) is 2. The van der Waals surface area contributed by atoms with Crippen molar-refractivity contribution >= 4 is 17.7 Å². The normalized spacial score (nSPS) is 6.12. The zero-order valence-electron chi connectivity index (χ0n) is 4.30. The second-order valence-corrected chi connectivity index (χ2v) is 1.09. The summed E-state index contributed by atoms with van der Waals surface area (Å²) in [5, 5.41) is 7.19. The summed E-state index contributed by atoms with van der Waals surface area (Å²) in [5.74, 6) is 0.556. The minimum atomic E-state index is -1.33. The van der Waals surface area contributed by atoms with Gasteiger partial charge in [-0.25, -0.2) is 4.79 Å².